The van der Waals surface area contributed by atoms with Crippen molar-refractivity contribution in [3.63, 3.8) is 0 Å². The Bertz CT molecular complexity index is 525. The van der Waals surface area contributed by atoms with Crippen LogP contribution in [0, 0.1) is 13.8 Å². The van der Waals surface area contributed by atoms with E-state index in [2.05, 4.69) is 5.32 Å². The van der Waals surface area contributed by atoms with Crippen LogP contribution in [0.5, 0.6) is 0 Å². The fraction of sp³-hybridized carbons (Fsp3) is 0.529. The fourth-order valence-electron chi connectivity index (χ4n) is 2.27. The lowest BCUT2D eigenvalue weighted by Gasteiger charge is -2.22. The molecule has 22 heavy (non-hydrogen) atoms. The second-order valence-electron chi connectivity index (χ2n) is 5.60. The average Bonchev–Trinajstić information content (AvgIpc) is 2.43. The molecule has 1 aromatic carbocycles. The molecular weight excluding hydrogens is 278 g/mol. The fourth-order valence-corrected chi connectivity index (χ4v) is 2.27. The standard InChI is InChI=1S/C17H27N3O2/c1-6-20(7-2)17(22)12-19(5)11-16(21)18-15-10-13(3)8-9-14(15)4/h8-10H,6-7,11-12H2,1-5H3,(H,18,21). The topological polar surface area (TPSA) is 52.7 Å². The molecule has 0 saturated carbocycles. The van der Waals surface area contributed by atoms with E-state index in [0.29, 0.717) is 13.1 Å². The van der Waals surface area contributed by atoms with Gasteiger partial charge in [0.1, 0.15) is 0 Å². The van der Waals surface area contributed by atoms with Gasteiger partial charge in [-0.2, -0.15) is 0 Å². The second-order valence-corrected chi connectivity index (χ2v) is 5.60. The minimum absolute atomic E-state index is 0.0482. The van der Waals surface area contributed by atoms with Crippen LogP contribution in [0.15, 0.2) is 18.2 Å². The van der Waals surface area contributed by atoms with Crippen LogP contribution in [0.2, 0.25) is 0 Å². The van der Waals surface area contributed by atoms with E-state index >= 15 is 0 Å². The summed E-state index contributed by atoms with van der Waals surface area (Å²) in [5.74, 6) is -0.0596. The van der Waals surface area contributed by atoms with E-state index in [1.165, 1.54) is 0 Å². The van der Waals surface area contributed by atoms with Crippen molar-refractivity contribution in [2.75, 3.05) is 38.5 Å². The van der Waals surface area contributed by atoms with E-state index in [0.717, 1.165) is 16.8 Å². The van der Waals surface area contributed by atoms with Crippen LogP contribution >= 0.6 is 0 Å². The lowest BCUT2D eigenvalue weighted by molar-refractivity contribution is -0.132. The molecule has 122 valence electrons. The normalized spacial score (nSPS) is 10.6. The van der Waals surface area contributed by atoms with Crippen molar-refractivity contribution in [2.24, 2.45) is 0 Å². The number of aryl methyl sites for hydroxylation is 2. The van der Waals surface area contributed by atoms with Gasteiger partial charge >= 0.3 is 0 Å². The van der Waals surface area contributed by atoms with Gasteiger partial charge in [0, 0.05) is 18.8 Å². The van der Waals surface area contributed by atoms with Crippen molar-refractivity contribution in [1.29, 1.82) is 0 Å². The minimum atomic E-state index is -0.108. The number of hydrogen-bond acceptors (Lipinski definition) is 3. The molecule has 0 unspecified atom stereocenters. The predicted molar refractivity (Wildman–Crippen MR) is 90.0 cm³/mol. The lowest BCUT2D eigenvalue weighted by atomic mass is 10.1. The summed E-state index contributed by atoms with van der Waals surface area (Å²) in [6, 6.07) is 5.95. The van der Waals surface area contributed by atoms with Crippen LogP contribution in [-0.2, 0) is 9.59 Å². The summed E-state index contributed by atoms with van der Waals surface area (Å²) in [6.07, 6.45) is 0. The van der Waals surface area contributed by atoms with Gasteiger partial charge in [-0.1, -0.05) is 12.1 Å². The first-order chi connectivity index (χ1) is 10.4. The molecule has 0 saturated heterocycles. The van der Waals surface area contributed by atoms with Crippen LogP contribution in [-0.4, -0.2) is 54.8 Å². The molecular formula is C17H27N3O2. The van der Waals surface area contributed by atoms with E-state index in [-0.39, 0.29) is 24.9 Å². The van der Waals surface area contributed by atoms with Gasteiger partial charge in [0.2, 0.25) is 11.8 Å². The average molecular weight is 305 g/mol. The van der Waals surface area contributed by atoms with E-state index in [1.54, 1.807) is 16.8 Å². The van der Waals surface area contributed by atoms with Gasteiger partial charge in [0.25, 0.3) is 0 Å². The van der Waals surface area contributed by atoms with Crippen molar-refractivity contribution in [3.8, 4) is 0 Å². The highest BCUT2D eigenvalue weighted by atomic mass is 16.2. The number of nitrogens with one attached hydrogen (secondary N) is 1. The first kappa shape index (κ1) is 18.2. The largest absolute Gasteiger partial charge is 0.342 e. The highest BCUT2D eigenvalue weighted by molar-refractivity contribution is 5.93. The van der Waals surface area contributed by atoms with Crippen molar-refractivity contribution in [3.05, 3.63) is 29.3 Å². The maximum Gasteiger partial charge on any atom is 0.238 e. The number of carbonyl (C=O) groups excluding carboxylic acids is 2. The zero-order valence-corrected chi connectivity index (χ0v) is 14.3. The summed E-state index contributed by atoms with van der Waals surface area (Å²) in [5, 5.41) is 2.91. The van der Waals surface area contributed by atoms with Crippen LogP contribution in [0.4, 0.5) is 5.69 Å². The molecule has 1 aromatic rings. The molecule has 1 rings (SSSR count). The smallest absolute Gasteiger partial charge is 0.238 e. The van der Waals surface area contributed by atoms with Gasteiger partial charge in [-0.3, -0.25) is 14.5 Å². The third kappa shape index (κ3) is 5.48. The van der Waals surface area contributed by atoms with Gasteiger partial charge in [0.15, 0.2) is 0 Å². The Morgan fingerprint density at radius 1 is 1.09 bits per heavy atom. The maximum atomic E-state index is 12.1. The third-order valence-corrected chi connectivity index (χ3v) is 3.60. The van der Waals surface area contributed by atoms with Crippen molar-refractivity contribution >= 4 is 17.5 Å². The Hall–Kier alpha value is -1.88. The van der Waals surface area contributed by atoms with Crippen molar-refractivity contribution in [1.82, 2.24) is 9.80 Å². The SMILES string of the molecule is CCN(CC)C(=O)CN(C)CC(=O)Nc1cc(C)ccc1C. The van der Waals surface area contributed by atoms with Crippen LogP contribution < -0.4 is 5.32 Å². The summed E-state index contributed by atoms with van der Waals surface area (Å²) in [7, 11) is 1.78. The second kappa shape index (κ2) is 8.54. The molecule has 0 aliphatic heterocycles. The molecule has 0 bridgehead atoms. The van der Waals surface area contributed by atoms with E-state index in [9.17, 15) is 9.59 Å². The number of hydrogen-bond donors (Lipinski definition) is 1. The molecule has 0 heterocycles. The first-order valence-electron chi connectivity index (χ1n) is 7.70. The molecule has 0 aliphatic carbocycles. The highest BCUT2D eigenvalue weighted by Crippen LogP contribution is 2.16. The number of likely N-dealkylation sites (N-methyl/N-ethyl adjacent to an activating group) is 2. The molecule has 0 aromatic heterocycles. The van der Waals surface area contributed by atoms with Crippen LogP contribution in [0.3, 0.4) is 0 Å². The molecule has 0 fully saturated rings. The zero-order chi connectivity index (χ0) is 16.7. The quantitative estimate of drug-likeness (QED) is 0.839. The van der Waals surface area contributed by atoms with Crippen molar-refractivity contribution in [2.45, 2.75) is 27.7 Å². The van der Waals surface area contributed by atoms with Crippen LogP contribution in [0.25, 0.3) is 0 Å². The molecule has 5 heteroatoms. The van der Waals surface area contributed by atoms with E-state index in [1.807, 2.05) is 45.9 Å². The van der Waals surface area contributed by atoms with Crippen LogP contribution in [0.1, 0.15) is 25.0 Å². The first-order valence-corrected chi connectivity index (χ1v) is 7.70. The maximum absolute atomic E-state index is 12.1. The Balaban J connectivity index is 2.54. The minimum Gasteiger partial charge on any atom is -0.342 e. The highest BCUT2D eigenvalue weighted by Gasteiger charge is 2.15. The molecule has 5 nitrogen and oxygen atoms in total. The lowest BCUT2D eigenvalue weighted by Crippen LogP contribution is -2.41. The molecule has 2 amide bonds. The number of nitrogens with zero attached hydrogens (tertiary/aromatic N) is 2. The van der Waals surface area contributed by atoms with E-state index < -0.39 is 0 Å². The van der Waals surface area contributed by atoms with Crippen molar-refractivity contribution < 1.29 is 9.59 Å². The summed E-state index contributed by atoms with van der Waals surface area (Å²) in [5.41, 5.74) is 2.96. The summed E-state index contributed by atoms with van der Waals surface area (Å²) < 4.78 is 0. The number of amides is 2. The zero-order valence-electron chi connectivity index (χ0n) is 14.3. The van der Waals surface area contributed by atoms with Gasteiger partial charge < -0.3 is 10.2 Å². The van der Waals surface area contributed by atoms with Gasteiger partial charge in [0.05, 0.1) is 13.1 Å². The molecule has 1 N–H and O–H groups in total. The van der Waals surface area contributed by atoms with Gasteiger partial charge in [-0.15, -0.1) is 0 Å². The van der Waals surface area contributed by atoms with Gasteiger partial charge in [-0.25, -0.2) is 0 Å². The number of carbonyl (C=O) groups is 2. The summed E-state index contributed by atoms with van der Waals surface area (Å²) in [6.45, 7) is 9.69. The predicted octanol–water partition coefficient (Wildman–Crippen LogP) is 2.04. The number of benzene rings is 1. The van der Waals surface area contributed by atoms with E-state index in [4.69, 9.17) is 0 Å². The molecule has 0 aliphatic rings. The molecule has 0 spiro atoms. The third-order valence-electron chi connectivity index (χ3n) is 3.60. The molecule has 0 radical (unpaired) electrons. The monoisotopic (exact) mass is 305 g/mol. The summed E-state index contributed by atoms with van der Waals surface area (Å²) in [4.78, 5) is 27.6. The Morgan fingerprint density at radius 3 is 2.32 bits per heavy atom. The van der Waals surface area contributed by atoms with Gasteiger partial charge in [-0.05, 0) is 51.9 Å². The Morgan fingerprint density at radius 2 is 1.73 bits per heavy atom. The number of rotatable bonds is 7. The summed E-state index contributed by atoms with van der Waals surface area (Å²) >= 11 is 0. The Kier molecular flexibility index (Phi) is 7.05. The number of anilines is 1. The molecule has 0 atom stereocenters. The Labute approximate surface area is 133 Å².